The highest BCUT2D eigenvalue weighted by Crippen LogP contribution is 2.39. The number of fused-ring (bicyclic) bond motifs is 4. The van der Waals surface area contributed by atoms with Crippen LogP contribution < -0.4 is 15.4 Å². The Morgan fingerprint density at radius 1 is 1.02 bits per heavy atom. The zero-order valence-electron chi connectivity index (χ0n) is 25.4. The Bertz CT molecular complexity index is 1720. The number of amides is 2. The standard InChI is InChI=1S/C33H41N7O3/c1-20-31(35-28-17-22(18-30(43-3)39(20)28)33(42)40-23-12-13-25(40)24(34)19-23)26-16-21-11-14-27-36-32(21)38(26)15-9-7-5-4-6-8-10-29(41)37(27)2/h11,14,16-18,23-25H,4-10,12-13,15,19,34H2,1-3H3/t23-,24+,25+/m0/s1. The number of carbonyl (C=O) groups is 2. The Morgan fingerprint density at radius 3 is 2.56 bits per heavy atom. The maximum atomic E-state index is 13.8. The summed E-state index contributed by atoms with van der Waals surface area (Å²) in [6.07, 6.45) is 9.84. The summed E-state index contributed by atoms with van der Waals surface area (Å²) in [7, 11) is 3.45. The molecule has 7 rings (SSSR count). The van der Waals surface area contributed by atoms with Gasteiger partial charge in [0.1, 0.15) is 22.8 Å². The molecule has 43 heavy (non-hydrogen) atoms. The van der Waals surface area contributed by atoms with Crippen molar-refractivity contribution in [2.24, 2.45) is 5.73 Å². The molecule has 3 aliphatic rings. The zero-order valence-corrected chi connectivity index (χ0v) is 25.4. The number of ether oxygens (including phenoxy) is 1. The first kappa shape index (κ1) is 27.9. The molecule has 4 bridgehead atoms. The van der Waals surface area contributed by atoms with Crippen LogP contribution in [-0.2, 0) is 11.3 Å². The monoisotopic (exact) mass is 583 g/mol. The van der Waals surface area contributed by atoms with Crippen LogP contribution in [0.3, 0.4) is 0 Å². The van der Waals surface area contributed by atoms with Gasteiger partial charge in [0.25, 0.3) is 5.91 Å². The number of nitrogens with two attached hydrogens (primary N) is 1. The number of anilines is 1. The first-order valence-corrected chi connectivity index (χ1v) is 15.8. The summed E-state index contributed by atoms with van der Waals surface area (Å²) in [5.74, 6) is 1.33. The van der Waals surface area contributed by atoms with Gasteiger partial charge in [0.2, 0.25) is 5.91 Å². The average Bonchev–Trinajstić information content (AvgIpc) is 3.76. The van der Waals surface area contributed by atoms with E-state index in [0.29, 0.717) is 29.3 Å². The van der Waals surface area contributed by atoms with Crippen molar-refractivity contribution in [2.45, 2.75) is 95.8 Å². The predicted octanol–water partition coefficient (Wildman–Crippen LogP) is 5.08. The molecular weight excluding hydrogens is 542 g/mol. The van der Waals surface area contributed by atoms with Crippen molar-refractivity contribution in [3.8, 4) is 17.3 Å². The second kappa shape index (κ2) is 11.0. The van der Waals surface area contributed by atoms with Crippen LogP contribution in [0.2, 0.25) is 0 Å². The average molecular weight is 584 g/mol. The van der Waals surface area contributed by atoms with E-state index in [1.165, 1.54) is 0 Å². The summed E-state index contributed by atoms with van der Waals surface area (Å²) in [4.78, 5) is 40.4. The molecule has 2 amide bonds. The number of aromatic nitrogens is 4. The fourth-order valence-electron chi connectivity index (χ4n) is 7.57. The van der Waals surface area contributed by atoms with Crippen LogP contribution in [0.15, 0.2) is 30.3 Å². The lowest BCUT2D eigenvalue weighted by atomic mass is 9.97. The zero-order chi connectivity index (χ0) is 29.8. The molecule has 0 radical (unpaired) electrons. The normalized spacial score (nSPS) is 23.1. The molecule has 10 heteroatoms. The number of hydrogen-bond donors (Lipinski definition) is 1. The molecule has 2 N–H and O–H groups in total. The molecule has 3 atom stereocenters. The smallest absolute Gasteiger partial charge is 0.254 e. The van der Waals surface area contributed by atoms with Gasteiger partial charge in [0.15, 0.2) is 5.88 Å². The predicted molar refractivity (Wildman–Crippen MR) is 167 cm³/mol. The van der Waals surface area contributed by atoms with Crippen LogP contribution in [0.25, 0.3) is 28.1 Å². The van der Waals surface area contributed by atoms with Gasteiger partial charge in [0, 0.05) is 55.2 Å². The van der Waals surface area contributed by atoms with Crippen molar-refractivity contribution in [2.75, 3.05) is 19.1 Å². The minimum atomic E-state index is 0.00104. The van der Waals surface area contributed by atoms with E-state index in [1.54, 1.807) is 12.0 Å². The number of imidazole rings is 1. The van der Waals surface area contributed by atoms with Crippen LogP contribution in [0, 0.1) is 6.92 Å². The van der Waals surface area contributed by atoms with E-state index in [1.807, 2.05) is 47.5 Å². The lowest BCUT2D eigenvalue weighted by Gasteiger charge is -2.23. The lowest BCUT2D eigenvalue weighted by molar-refractivity contribution is -0.118. The van der Waals surface area contributed by atoms with E-state index >= 15 is 0 Å². The molecule has 226 valence electrons. The summed E-state index contributed by atoms with van der Waals surface area (Å²) in [5, 5.41) is 1.01. The van der Waals surface area contributed by atoms with Gasteiger partial charge in [-0.05, 0) is 63.3 Å². The minimum absolute atomic E-state index is 0.00104. The number of hydrogen-bond acceptors (Lipinski definition) is 6. The Hall–Kier alpha value is -3.92. The summed E-state index contributed by atoms with van der Waals surface area (Å²) < 4.78 is 10.1. The first-order chi connectivity index (χ1) is 20.9. The molecule has 0 aliphatic carbocycles. The Morgan fingerprint density at radius 2 is 1.81 bits per heavy atom. The fourth-order valence-corrected chi connectivity index (χ4v) is 7.57. The van der Waals surface area contributed by atoms with Gasteiger partial charge in [-0.25, -0.2) is 9.97 Å². The molecule has 4 aromatic heterocycles. The number of nitrogens with zero attached hydrogens (tertiary/aromatic N) is 6. The minimum Gasteiger partial charge on any atom is -0.482 e. The quantitative estimate of drug-likeness (QED) is 0.360. The van der Waals surface area contributed by atoms with Crippen molar-refractivity contribution >= 4 is 34.3 Å². The number of methoxy groups -OCH3 is 1. The highest BCUT2D eigenvalue weighted by atomic mass is 16.5. The molecule has 2 saturated heterocycles. The number of carbonyl (C=O) groups excluding carboxylic acids is 2. The highest BCUT2D eigenvalue weighted by Gasteiger charge is 2.47. The third kappa shape index (κ3) is 4.67. The summed E-state index contributed by atoms with van der Waals surface area (Å²) in [5.41, 5.74) is 11.2. The maximum absolute atomic E-state index is 13.8. The molecule has 0 unspecified atom stereocenters. The van der Waals surface area contributed by atoms with Crippen molar-refractivity contribution in [1.82, 2.24) is 23.8 Å². The van der Waals surface area contributed by atoms with Gasteiger partial charge in [0.05, 0.1) is 18.5 Å². The Kier molecular flexibility index (Phi) is 7.12. The van der Waals surface area contributed by atoms with Crippen molar-refractivity contribution in [3.63, 3.8) is 0 Å². The highest BCUT2D eigenvalue weighted by molar-refractivity contribution is 5.97. The fraction of sp³-hybridized carbons (Fsp3) is 0.515. The number of aryl methyl sites for hydroxylation is 2. The Balaban J connectivity index is 1.33. The molecule has 4 aromatic rings. The first-order valence-electron chi connectivity index (χ1n) is 15.8. The number of rotatable bonds is 3. The van der Waals surface area contributed by atoms with E-state index in [0.717, 1.165) is 92.4 Å². The molecule has 0 spiro atoms. The topological polar surface area (TPSA) is 111 Å². The van der Waals surface area contributed by atoms with E-state index < -0.39 is 0 Å². The molecule has 0 saturated carbocycles. The van der Waals surface area contributed by atoms with Gasteiger partial charge in [-0.1, -0.05) is 25.7 Å². The third-order valence-electron chi connectivity index (χ3n) is 9.90. The van der Waals surface area contributed by atoms with Gasteiger partial charge in [-0.3, -0.25) is 18.9 Å². The van der Waals surface area contributed by atoms with Gasteiger partial charge < -0.3 is 19.9 Å². The second-order valence-corrected chi connectivity index (χ2v) is 12.5. The van der Waals surface area contributed by atoms with Crippen LogP contribution in [0.1, 0.15) is 80.3 Å². The summed E-state index contributed by atoms with van der Waals surface area (Å²) in [6.45, 7) is 2.84. The van der Waals surface area contributed by atoms with Gasteiger partial charge in [-0.2, -0.15) is 0 Å². The van der Waals surface area contributed by atoms with Gasteiger partial charge in [-0.15, -0.1) is 0 Å². The van der Waals surface area contributed by atoms with Crippen LogP contribution in [0.5, 0.6) is 5.88 Å². The molecule has 7 heterocycles. The second-order valence-electron chi connectivity index (χ2n) is 12.5. The van der Waals surface area contributed by atoms with E-state index in [4.69, 9.17) is 20.4 Å². The molecule has 3 aliphatic heterocycles. The van der Waals surface area contributed by atoms with E-state index in [2.05, 4.69) is 10.6 Å². The van der Waals surface area contributed by atoms with Crippen LogP contribution in [-0.4, -0.2) is 67.9 Å². The summed E-state index contributed by atoms with van der Waals surface area (Å²) in [6, 6.07) is 10.2. The lowest BCUT2D eigenvalue weighted by Crippen LogP contribution is -2.40. The van der Waals surface area contributed by atoms with Crippen molar-refractivity contribution in [1.29, 1.82) is 0 Å². The third-order valence-corrected chi connectivity index (χ3v) is 9.90. The van der Waals surface area contributed by atoms with Gasteiger partial charge >= 0.3 is 0 Å². The Labute approximate surface area is 251 Å². The maximum Gasteiger partial charge on any atom is 0.254 e. The summed E-state index contributed by atoms with van der Waals surface area (Å²) >= 11 is 0. The number of pyridine rings is 2. The molecule has 2 fully saturated rings. The van der Waals surface area contributed by atoms with E-state index in [9.17, 15) is 9.59 Å². The van der Waals surface area contributed by atoms with Crippen LogP contribution >= 0.6 is 0 Å². The van der Waals surface area contributed by atoms with Crippen LogP contribution in [0.4, 0.5) is 5.82 Å². The SMILES string of the molecule is COc1cc(C(=O)N2[C@H]3CC[C@@H]2[C@H](N)C3)cc2nc(-c3cc4ccc5nc4n3CCCCCCCCC(=O)N5C)c(C)n12. The molecular formula is C33H41N7O3. The molecule has 10 nitrogen and oxygen atoms in total. The van der Waals surface area contributed by atoms with Crippen molar-refractivity contribution in [3.05, 3.63) is 41.6 Å². The molecule has 0 aromatic carbocycles. The largest absolute Gasteiger partial charge is 0.482 e. The van der Waals surface area contributed by atoms with E-state index in [-0.39, 0.29) is 29.9 Å². The van der Waals surface area contributed by atoms with Crippen molar-refractivity contribution < 1.29 is 14.3 Å².